The number of carbonyl (C=O) groups excluding carboxylic acids is 1. The minimum absolute atomic E-state index is 0.195. The summed E-state index contributed by atoms with van der Waals surface area (Å²) in [6, 6.07) is 13.7. The second kappa shape index (κ2) is 9.57. The number of benzene rings is 2. The monoisotopic (exact) mass is 342 g/mol. The Morgan fingerprint density at radius 3 is 2.40 bits per heavy atom. The smallest absolute Gasteiger partial charge is 0.314 e. The molecule has 25 heavy (non-hydrogen) atoms. The van der Waals surface area contributed by atoms with E-state index in [1.54, 1.807) is 7.11 Å². The lowest BCUT2D eigenvalue weighted by molar-refractivity contribution is 0.236. The van der Waals surface area contributed by atoms with Crippen LogP contribution in [-0.2, 0) is 6.42 Å². The van der Waals surface area contributed by atoms with Crippen molar-refractivity contribution in [3.05, 3.63) is 59.2 Å². The van der Waals surface area contributed by atoms with Gasteiger partial charge in [-0.3, -0.25) is 0 Å². The fourth-order valence-electron chi connectivity index (χ4n) is 2.63. The molecule has 0 aliphatic rings. The van der Waals surface area contributed by atoms with Gasteiger partial charge in [-0.2, -0.15) is 0 Å². The molecule has 0 heterocycles. The van der Waals surface area contributed by atoms with Crippen LogP contribution < -0.4 is 20.1 Å². The molecule has 0 bridgehead atoms. The fourth-order valence-corrected chi connectivity index (χ4v) is 2.63. The summed E-state index contributed by atoms with van der Waals surface area (Å²) in [5.74, 6) is 1.67. The Kier molecular flexibility index (Phi) is 7.14. The molecule has 2 N–H and O–H groups in total. The first-order chi connectivity index (χ1) is 12.1. The lowest BCUT2D eigenvalue weighted by Crippen LogP contribution is -2.38. The van der Waals surface area contributed by atoms with Crippen molar-refractivity contribution in [3.63, 3.8) is 0 Å². The summed E-state index contributed by atoms with van der Waals surface area (Å²) in [5, 5.41) is 5.63. The molecular weight excluding hydrogens is 316 g/mol. The van der Waals surface area contributed by atoms with E-state index in [0.717, 1.165) is 34.6 Å². The first kappa shape index (κ1) is 18.6. The van der Waals surface area contributed by atoms with Crippen molar-refractivity contribution < 1.29 is 14.3 Å². The summed E-state index contributed by atoms with van der Waals surface area (Å²) in [6.07, 6.45) is 0.719. The van der Waals surface area contributed by atoms with Crippen molar-refractivity contribution >= 4 is 6.03 Å². The van der Waals surface area contributed by atoms with E-state index in [1.807, 2.05) is 50.2 Å². The maximum absolute atomic E-state index is 11.8. The highest BCUT2D eigenvalue weighted by molar-refractivity contribution is 5.73. The van der Waals surface area contributed by atoms with Crippen molar-refractivity contribution in [2.75, 3.05) is 26.8 Å². The van der Waals surface area contributed by atoms with Crippen molar-refractivity contribution in [2.24, 2.45) is 0 Å². The van der Waals surface area contributed by atoms with Crippen LogP contribution in [0.25, 0.3) is 0 Å². The van der Waals surface area contributed by atoms with Crippen LogP contribution in [0.2, 0.25) is 0 Å². The Morgan fingerprint density at radius 1 is 1.00 bits per heavy atom. The first-order valence-electron chi connectivity index (χ1n) is 8.43. The number of hydrogen-bond donors (Lipinski definition) is 2. The van der Waals surface area contributed by atoms with Gasteiger partial charge in [0.05, 0.1) is 13.7 Å². The molecule has 0 unspecified atom stereocenters. The van der Waals surface area contributed by atoms with Crippen LogP contribution in [0.5, 0.6) is 11.5 Å². The molecule has 0 aromatic heterocycles. The average Bonchev–Trinajstić information content (AvgIpc) is 2.58. The third-order valence-corrected chi connectivity index (χ3v) is 3.72. The molecule has 0 fully saturated rings. The quantitative estimate of drug-likeness (QED) is 0.724. The number of nitrogens with one attached hydrogen (secondary N) is 2. The zero-order valence-corrected chi connectivity index (χ0v) is 15.1. The molecule has 5 nitrogen and oxygen atoms in total. The van der Waals surface area contributed by atoms with Gasteiger partial charge < -0.3 is 20.1 Å². The molecular formula is C20H26N2O3. The number of hydrogen-bond acceptors (Lipinski definition) is 3. The zero-order valence-electron chi connectivity index (χ0n) is 15.1. The second-order valence-corrected chi connectivity index (χ2v) is 5.92. The van der Waals surface area contributed by atoms with E-state index in [9.17, 15) is 4.79 Å². The zero-order chi connectivity index (χ0) is 18.1. The van der Waals surface area contributed by atoms with E-state index >= 15 is 0 Å². The molecule has 0 atom stereocenters. The van der Waals surface area contributed by atoms with E-state index in [4.69, 9.17) is 9.47 Å². The molecule has 0 spiro atoms. The standard InChI is InChI=1S/C20H26N2O3/c1-15-12-16(2)14-18(13-15)25-11-10-22-20(23)21-9-8-17-6-4-5-7-19(17)24-3/h4-7,12-14H,8-11H2,1-3H3,(H2,21,22,23). The highest BCUT2D eigenvalue weighted by Gasteiger charge is 2.04. The molecule has 0 aliphatic heterocycles. The fraction of sp³-hybridized carbons (Fsp3) is 0.350. The number of rotatable bonds is 8. The molecule has 0 saturated heterocycles. The minimum atomic E-state index is -0.195. The SMILES string of the molecule is COc1ccccc1CCNC(=O)NCCOc1cc(C)cc(C)c1. The number of urea groups is 1. The highest BCUT2D eigenvalue weighted by Crippen LogP contribution is 2.17. The summed E-state index contributed by atoms with van der Waals surface area (Å²) in [5.41, 5.74) is 3.40. The van der Waals surface area contributed by atoms with E-state index in [0.29, 0.717) is 19.7 Å². The second-order valence-electron chi connectivity index (χ2n) is 5.92. The van der Waals surface area contributed by atoms with Crippen LogP contribution in [0.4, 0.5) is 4.79 Å². The number of carbonyl (C=O) groups is 1. The largest absolute Gasteiger partial charge is 0.496 e. The first-order valence-corrected chi connectivity index (χ1v) is 8.43. The molecule has 2 amide bonds. The van der Waals surface area contributed by atoms with Crippen molar-refractivity contribution in [2.45, 2.75) is 20.3 Å². The lowest BCUT2D eigenvalue weighted by Gasteiger charge is -2.11. The van der Waals surface area contributed by atoms with Gasteiger partial charge in [-0.25, -0.2) is 4.79 Å². The van der Waals surface area contributed by atoms with Crippen LogP contribution in [0.15, 0.2) is 42.5 Å². The number of para-hydroxylation sites is 1. The van der Waals surface area contributed by atoms with E-state index in [2.05, 4.69) is 16.7 Å². The van der Waals surface area contributed by atoms with Crippen LogP contribution in [-0.4, -0.2) is 32.8 Å². The summed E-state index contributed by atoms with van der Waals surface area (Å²) < 4.78 is 11.0. The number of ether oxygens (including phenoxy) is 2. The van der Waals surface area contributed by atoms with Crippen molar-refractivity contribution in [3.8, 4) is 11.5 Å². The Labute approximate surface area is 149 Å². The summed E-state index contributed by atoms with van der Waals surface area (Å²) >= 11 is 0. The topological polar surface area (TPSA) is 59.6 Å². The normalized spacial score (nSPS) is 10.2. The third kappa shape index (κ3) is 6.37. The predicted molar refractivity (Wildman–Crippen MR) is 99.5 cm³/mol. The molecule has 2 aromatic carbocycles. The van der Waals surface area contributed by atoms with Gasteiger partial charge in [0.2, 0.25) is 0 Å². The van der Waals surface area contributed by atoms with Gasteiger partial charge in [0, 0.05) is 6.54 Å². The third-order valence-electron chi connectivity index (χ3n) is 3.72. The Hall–Kier alpha value is -2.69. The Bertz CT molecular complexity index is 681. The number of amides is 2. The summed E-state index contributed by atoms with van der Waals surface area (Å²) in [7, 11) is 1.65. The van der Waals surface area contributed by atoms with Gasteiger partial charge in [0.1, 0.15) is 18.1 Å². The van der Waals surface area contributed by atoms with E-state index in [1.165, 1.54) is 0 Å². The van der Waals surface area contributed by atoms with Crippen LogP contribution in [0, 0.1) is 13.8 Å². The molecule has 134 valence electrons. The van der Waals surface area contributed by atoms with Gasteiger partial charge in [-0.15, -0.1) is 0 Å². The number of methoxy groups -OCH3 is 1. The summed E-state index contributed by atoms with van der Waals surface area (Å²) in [6.45, 7) is 5.50. The predicted octanol–water partition coefficient (Wildman–Crippen LogP) is 3.23. The average molecular weight is 342 g/mol. The van der Waals surface area contributed by atoms with Crippen LogP contribution in [0.3, 0.4) is 0 Å². The summed E-state index contributed by atoms with van der Waals surface area (Å²) in [4.78, 5) is 11.8. The molecule has 2 aromatic rings. The van der Waals surface area contributed by atoms with E-state index in [-0.39, 0.29) is 6.03 Å². The van der Waals surface area contributed by atoms with Gasteiger partial charge >= 0.3 is 6.03 Å². The Morgan fingerprint density at radius 2 is 1.68 bits per heavy atom. The van der Waals surface area contributed by atoms with E-state index < -0.39 is 0 Å². The maximum Gasteiger partial charge on any atom is 0.314 e. The van der Waals surface area contributed by atoms with Crippen LogP contribution in [0.1, 0.15) is 16.7 Å². The van der Waals surface area contributed by atoms with Crippen LogP contribution >= 0.6 is 0 Å². The van der Waals surface area contributed by atoms with Gasteiger partial charge in [-0.05, 0) is 55.2 Å². The van der Waals surface area contributed by atoms with Gasteiger partial charge in [-0.1, -0.05) is 24.3 Å². The molecule has 0 radical (unpaired) electrons. The lowest BCUT2D eigenvalue weighted by atomic mass is 10.1. The van der Waals surface area contributed by atoms with Crippen molar-refractivity contribution in [1.29, 1.82) is 0 Å². The Balaban J connectivity index is 1.64. The molecule has 5 heteroatoms. The molecule has 2 rings (SSSR count). The van der Waals surface area contributed by atoms with Gasteiger partial charge in [0.25, 0.3) is 0 Å². The maximum atomic E-state index is 11.8. The van der Waals surface area contributed by atoms with Gasteiger partial charge in [0.15, 0.2) is 0 Å². The highest BCUT2D eigenvalue weighted by atomic mass is 16.5. The van der Waals surface area contributed by atoms with Crippen molar-refractivity contribution in [1.82, 2.24) is 10.6 Å². The molecule has 0 saturated carbocycles. The minimum Gasteiger partial charge on any atom is -0.496 e. The molecule has 0 aliphatic carbocycles. The number of aryl methyl sites for hydroxylation is 2.